The fourth-order valence-corrected chi connectivity index (χ4v) is 2.87. The number of ether oxygens (including phenoxy) is 1. The maximum Gasteiger partial charge on any atom is 0.266 e. The van der Waals surface area contributed by atoms with Crippen LogP contribution in [0.1, 0.15) is 27.7 Å². The molecule has 1 aromatic carbocycles. The van der Waals surface area contributed by atoms with E-state index in [9.17, 15) is 9.90 Å². The summed E-state index contributed by atoms with van der Waals surface area (Å²) in [4.78, 5) is 12.9. The van der Waals surface area contributed by atoms with Crippen molar-refractivity contribution in [2.24, 2.45) is 0 Å². The monoisotopic (exact) mass is 291 g/mol. The molecule has 0 atom stereocenters. The molecule has 4 nitrogen and oxygen atoms in total. The summed E-state index contributed by atoms with van der Waals surface area (Å²) < 4.78 is 5.13. The molecule has 0 saturated heterocycles. The Morgan fingerprint density at radius 2 is 2.15 bits per heavy atom. The molecule has 0 aliphatic carbocycles. The lowest BCUT2D eigenvalue weighted by Crippen LogP contribution is -2.12. The maximum absolute atomic E-state index is 12.2. The van der Waals surface area contributed by atoms with Crippen molar-refractivity contribution in [1.29, 1.82) is 0 Å². The molecule has 0 bridgehead atoms. The fraction of sp³-hybridized carbons (Fsp3) is 0.267. The van der Waals surface area contributed by atoms with Gasteiger partial charge in [0.25, 0.3) is 5.91 Å². The van der Waals surface area contributed by atoms with Crippen LogP contribution in [0.5, 0.6) is 5.75 Å². The Morgan fingerprint density at radius 3 is 2.80 bits per heavy atom. The molecule has 1 amide bonds. The van der Waals surface area contributed by atoms with Crippen LogP contribution in [-0.2, 0) is 13.0 Å². The van der Waals surface area contributed by atoms with Gasteiger partial charge in [-0.25, -0.2) is 0 Å². The summed E-state index contributed by atoms with van der Waals surface area (Å²) in [6, 6.07) is 7.17. The number of carbonyl (C=O) groups excluding carboxylic acids is 1. The lowest BCUT2D eigenvalue weighted by molar-refractivity contribution is 0.102. The van der Waals surface area contributed by atoms with Crippen molar-refractivity contribution < 1.29 is 14.6 Å². The lowest BCUT2D eigenvalue weighted by Gasteiger charge is -2.10. The zero-order valence-corrected chi connectivity index (χ0v) is 12.3. The van der Waals surface area contributed by atoms with E-state index in [0.717, 1.165) is 16.9 Å². The Balaban J connectivity index is 2.20. The van der Waals surface area contributed by atoms with Crippen LogP contribution in [-0.4, -0.2) is 18.1 Å². The van der Waals surface area contributed by atoms with Gasteiger partial charge in [-0.3, -0.25) is 4.79 Å². The third kappa shape index (κ3) is 3.00. The first kappa shape index (κ1) is 14.6. The van der Waals surface area contributed by atoms with Gasteiger partial charge in [-0.1, -0.05) is 6.92 Å². The minimum absolute atomic E-state index is 0.120. The topological polar surface area (TPSA) is 58.6 Å². The summed E-state index contributed by atoms with van der Waals surface area (Å²) in [6.07, 6.45) is 0.830. The van der Waals surface area contributed by atoms with Crippen molar-refractivity contribution in [1.82, 2.24) is 0 Å². The molecule has 106 valence electrons. The Kier molecular flexibility index (Phi) is 4.76. The normalized spacial score (nSPS) is 10.3. The summed E-state index contributed by atoms with van der Waals surface area (Å²) in [6.45, 7) is 1.89. The number of benzene rings is 1. The molecular weight excluding hydrogens is 274 g/mol. The molecule has 1 aromatic heterocycles. The molecule has 0 saturated carbocycles. The van der Waals surface area contributed by atoms with E-state index in [0.29, 0.717) is 17.0 Å². The molecular formula is C15H17NO3S. The highest BCUT2D eigenvalue weighted by atomic mass is 32.1. The summed E-state index contributed by atoms with van der Waals surface area (Å²) in [5.74, 6) is 0.488. The Morgan fingerprint density at radius 1 is 1.35 bits per heavy atom. The Labute approximate surface area is 122 Å². The molecule has 1 heterocycles. The van der Waals surface area contributed by atoms with Crippen LogP contribution in [0.3, 0.4) is 0 Å². The average Bonchev–Trinajstić information content (AvgIpc) is 2.95. The number of rotatable bonds is 5. The van der Waals surface area contributed by atoms with E-state index in [-0.39, 0.29) is 12.5 Å². The minimum atomic E-state index is -0.133. The van der Waals surface area contributed by atoms with Gasteiger partial charge in [0.15, 0.2) is 0 Å². The second-order valence-corrected chi connectivity index (χ2v) is 5.18. The molecule has 2 aromatic rings. The second-order valence-electron chi connectivity index (χ2n) is 4.27. The van der Waals surface area contributed by atoms with Gasteiger partial charge in [0.2, 0.25) is 0 Å². The standard InChI is InChI=1S/C15H17NO3S/c1-3-10-6-7-20-14(10)15(18)16-12-4-5-13(19-2)11(8-12)9-17/h4-8,17H,3,9H2,1-2H3,(H,16,18). The van der Waals surface area contributed by atoms with Crippen molar-refractivity contribution in [3.63, 3.8) is 0 Å². The second kappa shape index (κ2) is 6.54. The zero-order chi connectivity index (χ0) is 14.5. The van der Waals surface area contributed by atoms with Crippen molar-refractivity contribution >= 4 is 22.9 Å². The van der Waals surface area contributed by atoms with Crippen LogP contribution in [0, 0.1) is 0 Å². The van der Waals surface area contributed by atoms with Gasteiger partial charge in [0.1, 0.15) is 5.75 Å². The van der Waals surface area contributed by atoms with Crippen LogP contribution < -0.4 is 10.1 Å². The van der Waals surface area contributed by atoms with E-state index < -0.39 is 0 Å². The van der Waals surface area contributed by atoms with Crippen LogP contribution in [0.15, 0.2) is 29.6 Å². The summed E-state index contributed by atoms with van der Waals surface area (Å²) in [5, 5.41) is 14.1. The van der Waals surface area contributed by atoms with Gasteiger partial charge in [-0.2, -0.15) is 0 Å². The number of hydrogen-bond donors (Lipinski definition) is 2. The van der Waals surface area contributed by atoms with Crippen LogP contribution >= 0.6 is 11.3 Å². The molecule has 20 heavy (non-hydrogen) atoms. The molecule has 0 aliphatic rings. The van der Waals surface area contributed by atoms with Crippen molar-refractivity contribution in [3.8, 4) is 5.75 Å². The molecule has 0 spiro atoms. The van der Waals surface area contributed by atoms with Crippen LogP contribution in [0.4, 0.5) is 5.69 Å². The summed E-state index contributed by atoms with van der Waals surface area (Å²) in [7, 11) is 1.55. The number of nitrogens with one attached hydrogen (secondary N) is 1. The summed E-state index contributed by atoms with van der Waals surface area (Å²) in [5.41, 5.74) is 2.34. The first-order valence-electron chi connectivity index (χ1n) is 6.35. The van der Waals surface area contributed by atoms with E-state index in [2.05, 4.69) is 5.32 Å². The van der Waals surface area contributed by atoms with E-state index in [1.54, 1.807) is 25.3 Å². The Hall–Kier alpha value is -1.85. The van der Waals surface area contributed by atoms with Gasteiger partial charge in [0, 0.05) is 11.3 Å². The van der Waals surface area contributed by atoms with E-state index in [1.165, 1.54) is 11.3 Å². The van der Waals surface area contributed by atoms with Crippen molar-refractivity contribution in [2.75, 3.05) is 12.4 Å². The largest absolute Gasteiger partial charge is 0.496 e. The number of thiophene rings is 1. The van der Waals surface area contributed by atoms with Crippen molar-refractivity contribution in [2.45, 2.75) is 20.0 Å². The van der Waals surface area contributed by atoms with E-state index >= 15 is 0 Å². The number of aliphatic hydroxyl groups is 1. The summed E-state index contributed by atoms with van der Waals surface area (Å²) >= 11 is 1.43. The number of anilines is 1. The average molecular weight is 291 g/mol. The number of amides is 1. The van der Waals surface area contributed by atoms with Crippen LogP contribution in [0.25, 0.3) is 0 Å². The van der Waals surface area contributed by atoms with Gasteiger partial charge in [0.05, 0.1) is 18.6 Å². The molecule has 2 N–H and O–H groups in total. The number of aryl methyl sites for hydroxylation is 1. The zero-order valence-electron chi connectivity index (χ0n) is 11.5. The first-order chi connectivity index (χ1) is 9.69. The minimum Gasteiger partial charge on any atom is -0.496 e. The molecule has 0 fully saturated rings. The smallest absolute Gasteiger partial charge is 0.266 e. The highest BCUT2D eigenvalue weighted by Crippen LogP contribution is 2.24. The highest BCUT2D eigenvalue weighted by molar-refractivity contribution is 7.12. The van der Waals surface area contributed by atoms with Gasteiger partial charge < -0.3 is 15.2 Å². The molecule has 0 unspecified atom stereocenters. The van der Waals surface area contributed by atoms with Gasteiger partial charge in [-0.15, -0.1) is 11.3 Å². The number of aliphatic hydroxyl groups excluding tert-OH is 1. The number of hydrogen-bond acceptors (Lipinski definition) is 4. The van der Waals surface area contributed by atoms with Gasteiger partial charge in [-0.05, 0) is 41.6 Å². The Bertz CT molecular complexity index is 607. The quantitative estimate of drug-likeness (QED) is 0.890. The lowest BCUT2D eigenvalue weighted by atomic mass is 10.1. The predicted octanol–water partition coefficient (Wildman–Crippen LogP) is 3.06. The molecule has 5 heteroatoms. The predicted molar refractivity (Wildman–Crippen MR) is 80.6 cm³/mol. The van der Waals surface area contributed by atoms with Crippen LogP contribution in [0.2, 0.25) is 0 Å². The van der Waals surface area contributed by atoms with Crippen molar-refractivity contribution in [3.05, 3.63) is 45.6 Å². The molecule has 0 aliphatic heterocycles. The van der Waals surface area contributed by atoms with Gasteiger partial charge >= 0.3 is 0 Å². The third-order valence-corrected chi connectivity index (χ3v) is 4.00. The molecule has 2 rings (SSSR count). The number of carbonyl (C=O) groups is 1. The van der Waals surface area contributed by atoms with E-state index in [1.807, 2.05) is 18.4 Å². The van der Waals surface area contributed by atoms with E-state index in [4.69, 9.17) is 4.74 Å². The third-order valence-electron chi connectivity index (χ3n) is 3.04. The SMILES string of the molecule is CCc1ccsc1C(=O)Nc1ccc(OC)c(CO)c1. The fourth-order valence-electron chi connectivity index (χ4n) is 1.98. The highest BCUT2D eigenvalue weighted by Gasteiger charge is 2.13. The number of methoxy groups -OCH3 is 1. The maximum atomic E-state index is 12.2. The molecule has 0 radical (unpaired) electrons. The first-order valence-corrected chi connectivity index (χ1v) is 7.23.